The maximum absolute atomic E-state index is 11.0. The van der Waals surface area contributed by atoms with E-state index >= 15 is 0 Å². The Bertz CT molecular complexity index is 185. The number of amides is 1. The van der Waals surface area contributed by atoms with E-state index in [2.05, 4.69) is 0 Å². The molecule has 0 radical (unpaired) electrons. The Morgan fingerprint density at radius 2 is 2.15 bits per heavy atom. The van der Waals surface area contributed by atoms with Gasteiger partial charge in [-0.3, -0.25) is 4.55 Å². The zero-order valence-corrected chi connectivity index (χ0v) is 8.67. The van der Waals surface area contributed by atoms with Crippen LogP contribution in [0.15, 0.2) is 0 Å². The van der Waals surface area contributed by atoms with Gasteiger partial charge in [-0.05, 0) is 13.3 Å². The van der Waals surface area contributed by atoms with Crippen molar-refractivity contribution >= 4 is 17.4 Å². The molecule has 0 aromatic rings. The van der Waals surface area contributed by atoms with Crippen LogP contribution in [0.2, 0.25) is 0 Å². The molecule has 0 aromatic heterocycles. The molecule has 0 aliphatic heterocycles. The van der Waals surface area contributed by atoms with Crippen molar-refractivity contribution in [3.8, 4) is 0 Å². The molecule has 1 N–H and O–H groups in total. The normalized spacial score (nSPS) is 12.2. The molecule has 0 saturated heterocycles. The van der Waals surface area contributed by atoms with Gasteiger partial charge in [0.2, 0.25) is 0 Å². The lowest BCUT2D eigenvalue weighted by Crippen LogP contribution is -2.33. The average molecular weight is 209 g/mol. The van der Waals surface area contributed by atoms with Crippen molar-refractivity contribution in [2.45, 2.75) is 26.7 Å². The average Bonchev–Trinajstić information content (AvgIpc) is 2.05. The summed E-state index contributed by atoms with van der Waals surface area (Å²) < 4.78 is 24.7. The highest BCUT2D eigenvalue weighted by atomic mass is 32.2. The lowest BCUT2D eigenvalue weighted by Gasteiger charge is -2.14. The van der Waals surface area contributed by atoms with Gasteiger partial charge in [-0.2, -0.15) is 0 Å². The molecule has 6 heteroatoms. The number of carbonyl (C=O) groups is 1. The predicted molar refractivity (Wildman–Crippen MR) is 49.4 cm³/mol. The van der Waals surface area contributed by atoms with E-state index in [0.717, 1.165) is 17.1 Å². The van der Waals surface area contributed by atoms with Crippen molar-refractivity contribution in [2.24, 2.45) is 0 Å². The first kappa shape index (κ1) is 12.4. The Morgan fingerprint density at radius 1 is 1.54 bits per heavy atom. The molecule has 0 spiro atoms. The van der Waals surface area contributed by atoms with Crippen LogP contribution in [-0.2, 0) is 16.0 Å². The van der Waals surface area contributed by atoms with E-state index in [0.29, 0.717) is 6.61 Å². The van der Waals surface area contributed by atoms with Gasteiger partial charge in [0.05, 0.1) is 6.61 Å². The Morgan fingerprint density at radius 3 is 2.54 bits per heavy atom. The van der Waals surface area contributed by atoms with Crippen LogP contribution in [0.3, 0.4) is 0 Å². The number of unbranched alkanes of at least 4 members (excludes halogenated alkanes) is 1. The summed E-state index contributed by atoms with van der Waals surface area (Å²) in [6, 6.07) is 0. The summed E-state index contributed by atoms with van der Waals surface area (Å²) in [7, 11) is 0. The van der Waals surface area contributed by atoms with Crippen molar-refractivity contribution in [3.63, 3.8) is 0 Å². The minimum absolute atomic E-state index is 0.161. The van der Waals surface area contributed by atoms with Gasteiger partial charge in [-0.1, -0.05) is 13.3 Å². The van der Waals surface area contributed by atoms with Crippen LogP contribution in [0, 0.1) is 0 Å². The third-order valence-electron chi connectivity index (χ3n) is 1.40. The Labute approximate surface area is 80.5 Å². The zero-order chi connectivity index (χ0) is 10.3. The lowest BCUT2D eigenvalue weighted by atomic mass is 10.4. The Balaban J connectivity index is 3.85. The second kappa shape index (κ2) is 6.85. The first-order valence-corrected chi connectivity index (χ1v) is 5.25. The van der Waals surface area contributed by atoms with Gasteiger partial charge in [0.15, 0.2) is 0 Å². The van der Waals surface area contributed by atoms with E-state index in [1.165, 1.54) is 0 Å². The van der Waals surface area contributed by atoms with Crippen LogP contribution in [-0.4, -0.2) is 32.3 Å². The summed E-state index contributed by atoms with van der Waals surface area (Å²) in [5, 5.41) is 0. The topological polar surface area (TPSA) is 66.8 Å². The van der Waals surface area contributed by atoms with E-state index in [1.807, 2.05) is 6.92 Å². The fraction of sp³-hybridized carbons (Fsp3) is 0.857. The fourth-order valence-corrected chi connectivity index (χ4v) is 1.08. The molecule has 78 valence electrons. The van der Waals surface area contributed by atoms with Crippen molar-refractivity contribution in [1.82, 2.24) is 4.31 Å². The summed E-state index contributed by atoms with van der Waals surface area (Å²) in [5.41, 5.74) is 0. The SMILES string of the molecule is CCCCOC(=O)N(CC)S(=O)O. The quantitative estimate of drug-likeness (QED) is 0.548. The van der Waals surface area contributed by atoms with Gasteiger partial charge in [0, 0.05) is 6.54 Å². The van der Waals surface area contributed by atoms with E-state index in [9.17, 15) is 9.00 Å². The molecule has 13 heavy (non-hydrogen) atoms. The van der Waals surface area contributed by atoms with Crippen LogP contribution in [0.4, 0.5) is 4.79 Å². The van der Waals surface area contributed by atoms with E-state index in [1.54, 1.807) is 6.92 Å². The molecule has 0 fully saturated rings. The van der Waals surface area contributed by atoms with Crippen LogP contribution >= 0.6 is 0 Å². The summed E-state index contributed by atoms with van der Waals surface area (Å²) in [6.07, 6.45) is 0.944. The van der Waals surface area contributed by atoms with Gasteiger partial charge >= 0.3 is 6.09 Å². The minimum atomic E-state index is -2.28. The van der Waals surface area contributed by atoms with Crippen LogP contribution < -0.4 is 0 Å². The smallest absolute Gasteiger partial charge is 0.423 e. The van der Waals surface area contributed by atoms with Crippen LogP contribution in [0.25, 0.3) is 0 Å². The molecule has 0 saturated carbocycles. The number of rotatable bonds is 5. The standard InChI is InChI=1S/C7H15NO4S/c1-3-5-6-12-7(9)8(4-2)13(10)11/h3-6H2,1-2H3,(H,10,11). The molecule has 0 bridgehead atoms. The van der Waals surface area contributed by atoms with Gasteiger partial charge < -0.3 is 4.74 Å². The first-order valence-electron chi connectivity index (χ1n) is 4.18. The number of hydrogen-bond acceptors (Lipinski definition) is 3. The van der Waals surface area contributed by atoms with Crippen molar-refractivity contribution in [2.75, 3.05) is 13.2 Å². The van der Waals surface area contributed by atoms with Crippen LogP contribution in [0.1, 0.15) is 26.7 Å². The van der Waals surface area contributed by atoms with Gasteiger partial charge in [0.1, 0.15) is 0 Å². The third kappa shape index (κ3) is 4.84. The summed E-state index contributed by atoms with van der Waals surface area (Å²) in [6.45, 7) is 4.03. The number of hydrogen-bond donors (Lipinski definition) is 1. The molecular formula is C7H15NO4S. The summed E-state index contributed by atoms with van der Waals surface area (Å²) >= 11 is -2.28. The molecular weight excluding hydrogens is 194 g/mol. The van der Waals surface area contributed by atoms with Crippen molar-refractivity contribution < 1.29 is 18.3 Å². The largest absolute Gasteiger partial charge is 0.449 e. The maximum Gasteiger partial charge on any atom is 0.423 e. The molecule has 1 amide bonds. The van der Waals surface area contributed by atoms with Gasteiger partial charge in [-0.25, -0.2) is 13.3 Å². The molecule has 5 nitrogen and oxygen atoms in total. The molecule has 0 aromatic carbocycles. The zero-order valence-electron chi connectivity index (χ0n) is 7.86. The van der Waals surface area contributed by atoms with Gasteiger partial charge in [0.25, 0.3) is 11.3 Å². The summed E-state index contributed by atoms with van der Waals surface area (Å²) in [5.74, 6) is 0. The second-order valence-electron chi connectivity index (χ2n) is 2.39. The maximum atomic E-state index is 11.0. The highest BCUT2D eigenvalue weighted by Crippen LogP contribution is 1.98. The molecule has 0 aliphatic carbocycles. The van der Waals surface area contributed by atoms with Crippen molar-refractivity contribution in [1.29, 1.82) is 0 Å². The second-order valence-corrected chi connectivity index (χ2v) is 3.30. The van der Waals surface area contributed by atoms with E-state index in [4.69, 9.17) is 9.29 Å². The highest BCUT2D eigenvalue weighted by Gasteiger charge is 2.17. The molecule has 1 atom stereocenters. The van der Waals surface area contributed by atoms with Gasteiger partial charge in [-0.15, -0.1) is 0 Å². The number of carbonyl (C=O) groups excluding carboxylic acids is 1. The first-order chi connectivity index (χ1) is 6.13. The number of nitrogens with zero attached hydrogens (tertiary/aromatic N) is 1. The highest BCUT2D eigenvalue weighted by molar-refractivity contribution is 7.77. The monoisotopic (exact) mass is 209 g/mol. The molecule has 0 heterocycles. The predicted octanol–water partition coefficient (Wildman–Crippen LogP) is 1.38. The molecule has 1 unspecified atom stereocenters. The third-order valence-corrected chi connectivity index (χ3v) is 2.19. The molecule has 0 aliphatic rings. The van der Waals surface area contributed by atoms with Crippen LogP contribution in [0.5, 0.6) is 0 Å². The lowest BCUT2D eigenvalue weighted by molar-refractivity contribution is 0.125. The summed E-state index contributed by atoms with van der Waals surface area (Å²) in [4.78, 5) is 11.0. The molecule has 0 rings (SSSR count). The minimum Gasteiger partial charge on any atom is -0.449 e. The number of ether oxygens (including phenoxy) is 1. The van der Waals surface area contributed by atoms with Crippen molar-refractivity contribution in [3.05, 3.63) is 0 Å². The van der Waals surface area contributed by atoms with E-state index in [-0.39, 0.29) is 6.54 Å². The fourth-order valence-electron chi connectivity index (χ4n) is 0.679. The Kier molecular flexibility index (Phi) is 6.52. The Hall–Kier alpha value is -0.620. The van der Waals surface area contributed by atoms with E-state index < -0.39 is 17.4 Å².